The lowest BCUT2D eigenvalue weighted by molar-refractivity contribution is -0.143. The van der Waals surface area contributed by atoms with Gasteiger partial charge in [0.1, 0.15) is 6.54 Å². The Balaban J connectivity index is 3.22. The van der Waals surface area contributed by atoms with Crippen LogP contribution >= 0.6 is 22.9 Å². The van der Waals surface area contributed by atoms with Crippen LogP contribution in [0.1, 0.15) is 13.8 Å². The first-order valence-corrected chi connectivity index (χ1v) is 4.23. The van der Waals surface area contributed by atoms with Crippen molar-refractivity contribution in [1.29, 1.82) is 0 Å². The molecule has 0 aromatic heterocycles. The number of hydrogen-bond donors (Lipinski definition) is 1. The number of carbonyl (C=O) groups is 1. The smallest absolute Gasteiger partial charge is 0.320 e. The third-order valence-electron chi connectivity index (χ3n) is 0.789. The summed E-state index contributed by atoms with van der Waals surface area (Å²) in [6, 6.07) is 0. The predicted octanol–water partition coefficient (Wildman–Crippen LogP) is 1.13. The maximum Gasteiger partial charge on any atom is 0.320 e. The summed E-state index contributed by atoms with van der Waals surface area (Å²) in [4.78, 5) is 10.7. The van der Waals surface area contributed by atoms with Gasteiger partial charge in [-0.05, 0) is 5.92 Å². The van der Waals surface area contributed by atoms with E-state index >= 15 is 0 Å². The van der Waals surface area contributed by atoms with Crippen LogP contribution in [0, 0.1) is 5.92 Å². The summed E-state index contributed by atoms with van der Waals surface area (Å²) < 4.78 is 7.52. The monoisotopic (exact) mass is 257 g/mol. The molecule has 10 heavy (non-hydrogen) atoms. The van der Waals surface area contributed by atoms with Crippen molar-refractivity contribution in [3.8, 4) is 0 Å². The Morgan fingerprint density at radius 1 is 1.70 bits per heavy atom. The lowest BCUT2D eigenvalue weighted by Crippen LogP contribution is -2.19. The zero-order valence-corrected chi connectivity index (χ0v) is 8.34. The molecular weight excluding hydrogens is 245 g/mol. The van der Waals surface area contributed by atoms with Crippen LogP contribution in [0.4, 0.5) is 0 Å². The van der Waals surface area contributed by atoms with E-state index in [0.717, 1.165) is 0 Å². The summed E-state index contributed by atoms with van der Waals surface area (Å²) in [7, 11) is 0. The van der Waals surface area contributed by atoms with Crippen molar-refractivity contribution in [2.24, 2.45) is 5.92 Å². The van der Waals surface area contributed by atoms with Crippen molar-refractivity contribution in [1.82, 2.24) is 3.53 Å². The molecular formula is C6H12INO2. The fourth-order valence-corrected chi connectivity index (χ4v) is 0.677. The number of esters is 1. The van der Waals surface area contributed by atoms with E-state index in [0.29, 0.717) is 12.5 Å². The largest absolute Gasteiger partial charge is 0.464 e. The zero-order valence-electron chi connectivity index (χ0n) is 6.19. The zero-order chi connectivity index (χ0) is 7.98. The lowest BCUT2D eigenvalue weighted by atomic mass is 10.2. The van der Waals surface area contributed by atoms with Crippen molar-refractivity contribution in [2.45, 2.75) is 13.8 Å². The van der Waals surface area contributed by atoms with Gasteiger partial charge in [0.05, 0.1) is 6.61 Å². The fourth-order valence-electron chi connectivity index (χ4n) is 0.365. The van der Waals surface area contributed by atoms with Crippen molar-refractivity contribution in [3.63, 3.8) is 0 Å². The molecule has 0 heterocycles. The second-order valence-electron chi connectivity index (χ2n) is 2.39. The van der Waals surface area contributed by atoms with Gasteiger partial charge in [-0.15, -0.1) is 0 Å². The molecule has 0 saturated carbocycles. The molecule has 1 N–H and O–H groups in total. The van der Waals surface area contributed by atoms with Crippen molar-refractivity contribution < 1.29 is 9.53 Å². The highest BCUT2D eigenvalue weighted by atomic mass is 127. The molecule has 0 bridgehead atoms. The molecule has 0 rings (SSSR count). The van der Waals surface area contributed by atoms with Gasteiger partial charge in [0.15, 0.2) is 0 Å². The number of hydrogen-bond acceptors (Lipinski definition) is 3. The Kier molecular flexibility index (Phi) is 6.00. The molecule has 3 nitrogen and oxygen atoms in total. The molecule has 0 atom stereocenters. The Bertz CT molecular complexity index is 106. The first-order chi connectivity index (χ1) is 4.66. The lowest BCUT2D eigenvalue weighted by Gasteiger charge is -2.05. The van der Waals surface area contributed by atoms with Gasteiger partial charge < -0.3 is 4.74 Å². The topological polar surface area (TPSA) is 38.3 Å². The number of carbonyl (C=O) groups excluding carboxylic acids is 1. The molecule has 0 radical (unpaired) electrons. The summed E-state index contributed by atoms with van der Waals surface area (Å²) in [5.41, 5.74) is 0. The Hall–Kier alpha value is 0.160. The minimum Gasteiger partial charge on any atom is -0.464 e. The second-order valence-corrected chi connectivity index (χ2v) is 3.15. The van der Waals surface area contributed by atoms with E-state index in [9.17, 15) is 4.79 Å². The highest BCUT2D eigenvalue weighted by molar-refractivity contribution is 14.1. The molecule has 0 saturated heterocycles. The van der Waals surface area contributed by atoms with Crippen molar-refractivity contribution >= 4 is 28.8 Å². The van der Waals surface area contributed by atoms with Gasteiger partial charge in [0.25, 0.3) is 0 Å². The Labute approximate surface area is 75.0 Å². The molecule has 0 unspecified atom stereocenters. The highest BCUT2D eigenvalue weighted by Gasteiger charge is 2.01. The standard InChI is InChI=1S/C6H12INO2/c1-5(2)4-10-6(9)3-8-7/h5,8H,3-4H2,1-2H3. The van der Waals surface area contributed by atoms with E-state index in [1.54, 1.807) is 0 Å². The van der Waals surface area contributed by atoms with Gasteiger partial charge in [-0.1, -0.05) is 13.8 Å². The first kappa shape index (κ1) is 10.2. The van der Waals surface area contributed by atoms with Crippen LogP contribution in [0.15, 0.2) is 0 Å². The van der Waals surface area contributed by atoms with Crippen LogP contribution < -0.4 is 3.53 Å². The summed E-state index contributed by atoms with van der Waals surface area (Å²) in [5, 5.41) is 0. The van der Waals surface area contributed by atoms with Gasteiger partial charge in [0, 0.05) is 22.9 Å². The minimum absolute atomic E-state index is 0.192. The van der Waals surface area contributed by atoms with Crippen molar-refractivity contribution in [3.05, 3.63) is 0 Å². The average Bonchev–Trinajstić information content (AvgIpc) is 1.85. The first-order valence-electron chi connectivity index (χ1n) is 3.16. The molecule has 0 aliphatic heterocycles. The molecule has 60 valence electrons. The van der Waals surface area contributed by atoms with Crippen LogP contribution in [0.5, 0.6) is 0 Å². The van der Waals surface area contributed by atoms with Crippen LogP contribution in [0.25, 0.3) is 0 Å². The Morgan fingerprint density at radius 2 is 2.30 bits per heavy atom. The van der Waals surface area contributed by atoms with Gasteiger partial charge in [-0.2, -0.15) is 0 Å². The summed E-state index contributed by atoms with van der Waals surface area (Å²) in [5.74, 6) is 0.223. The summed E-state index contributed by atoms with van der Waals surface area (Å²) >= 11 is 1.91. The quantitative estimate of drug-likeness (QED) is 0.466. The van der Waals surface area contributed by atoms with Crippen LogP contribution in [0.2, 0.25) is 0 Å². The number of ether oxygens (including phenoxy) is 1. The fraction of sp³-hybridized carbons (Fsp3) is 0.833. The SMILES string of the molecule is CC(C)COC(=O)CNI. The van der Waals surface area contributed by atoms with Gasteiger partial charge in [0.2, 0.25) is 0 Å². The van der Waals surface area contributed by atoms with Crippen LogP contribution in [0.3, 0.4) is 0 Å². The molecule has 0 aliphatic rings. The van der Waals surface area contributed by atoms with Crippen molar-refractivity contribution in [2.75, 3.05) is 13.2 Å². The molecule has 0 aromatic carbocycles. The van der Waals surface area contributed by atoms with Crippen LogP contribution in [-0.2, 0) is 9.53 Å². The third kappa shape index (κ3) is 6.28. The molecule has 4 heteroatoms. The van der Waals surface area contributed by atoms with Gasteiger partial charge >= 0.3 is 5.97 Å². The second kappa shape index (κ2) is 5.91. The summed E-state index contributed by atoms with van der Waals surface area (Å²) in [6.45, 7) is 4.81. The highest BCUT2D eigenvalue weighted by Crippen LogP contribution is 1.92. The molecule has 0 aromatic rings. The normalized spacial score (nSPS) is 10.0. The van der Waals surface area contributed by atoms with Crippen LogP contribution in [-0.4, -0.2) is 19.1 Å². The number of rotatable bonds is 4. The maximum absolute atomic E-state index is 10.7. The molecule has 0 fully saturated rings. The maximum atomic E-state index is 10.7. The molecule has 0 amide bonds. The van der Waals surface area contributed by atoms with E-state index in [-0.39, 0.29) is 12.5 Å². The summed E-state index contributed by atoms with van der Waals surface area (Å²) in [6.07, 6.45) is 0. The van der Waals surface area contributed by atoms with E-state index in [1.165, 1.54) is 0 Å². The molecule has 0 spiro atoms. The third-order valence-corrected chi connectivity index (χ3v) is 1.17. The number of nitrogens with one attached hydrogen (secondary N) is 1. The predicted molar refractivity (Wildman–Crippen MR) is 47.8 cm³/mol. The van der Waals surface area contributed by atoms with E-state index in [2.05, 4.69) is 3.53 Å². The van der Waals surface area contributed by atoms with Gasteiger partial charge in [-0.25, -0.2) is 3.53 Å². The number of halogens is 1. The van der Waals surface area contributed by atoms with E-state index in [4.69, 9.17) is 4.74 Å². The van der Waals surface area contributed by atoms with Gasteiger partial charge in [-0.3, -0.25) is 4.79 Å². The van der Waals surface area contributed by atoms with E-state index in [1.807, 2.05) is 36.7 Å². The Morgan fingerprint density at radius 3 is 2.70 bits per heavy atom. The molecule has 0 aliphatic carbocycles. The minimum atomic E-state index is -0.192. The average molecular weight is 257 g/mol. The van der Waals surface area contributed by atoms with E-state index < -0.39 is 0 Å².